The van der Waals surface area contributed by atoms with E-state index in [1.807, 2.05) is 0 Å². The zero-order chi connectivity index (χ0) is 27.7. The van der Waals surface area contributed by atoms with Crippen molar-refractivity contribution in [2.45, 2.75) is 32.6 Å². The smallest absolute Gasteiger partial charge is 0.218 e. The van der Waals surface area contributed by atoms with Gasteiger partial charge in [0.25, 0.3) is 0 Å². The summed E-state index contributed by atoms with van der Waals surface area (Å²) in [6.07, 6.45) is 1.80. The molecule has 1 aromatic heterocycles. The Morgan fingerprint density at radius 1 is 1.08 bits per heavy atom. The molecule has 39 heavy (non-hydrogen) atoms. The minimum atomic E-state index is -3.56. The maximum atomic E-state index is 13.5. The van der Waals surface area contributed by atoms with Gasteiger partial charge in [0.2, 0.25) is 10.0 Å². The topological polar surface area (TPSA) is 82.2 Å². The third-order valence-electron chi connectivity index (χ3n) is 7.27. The normalized spacial score (nSPS) is 17.1. The molecule has 202 valence electrons. The Labute approximate surface area is 229 Å². The lowest BCUT2D eigenvalue weighted by atomic mass is 9.96. The van der Waals surface area contributed by atoms with Gasteiger partial charge in [-0.15, -0.1) is 0 Å². The van der Waals surface area contributed by atoms with Gasteiger partial charge in [0.1, 0.15) is 5.82 Å². The summed E-state index contributed by atoms with van der Waals surface area (Å²) in [6, 6.07) is 19.1. The highest BCUT2D eigenvalue weighted by molar-refractivity contribution is 7.88. The molecule has 1 fully saturated rings. The van der Waals surface area contributed by atoms with Crippen LogP contribution < -0.4 is 0 Å². The van der Waals surface area contributed by atoms with E-state index in [9.17, 15) is 12.8 Å². The SMILES string of the molecule is Cc1cc2c(cnn2-c2ccc(F)cc2)cc1[C@@H]1CN(S(=O)(=O)Cc2ccc(C#N)cc2)CCN1CC(C)C. The molecule has 0 N–H and O–H groups in total. The van der Waals surface area contributed by atoms with E-state index in [1.54, 1.807) is 51.6 Å². The molecule has 1 aliphatic rings. The van der Waals surface area contributed by atoms with E-state index in [2.05, 4.69) is 49.0 Å². The molecular formula is C30H32FN5O2S. The molecule has 1 aliphatic heterocycles. The van der Waals surface area contributed by atoms with Gasteiger partial charge in [0.05, 0.1) is 34.8 Å². The molecule has 0 radical (unpaired) electrons. The summed E-state index contributed by atoms with van der Waals surface area (Å²) in [5.41, 5.74) is 5.00. The predicted octanol–water partition coefficient (Wildman–Crippen LogP) is 5.19. The number of nitriles is 1. The van der Waals surface area contributed by atoms with E-state index < -0.39 is 10.0 Å². The van der Waals surface area contributed by atoms with E-state index >= 15 is 0 Å². The minimum Gasteiger partial charge on any atom is -0.293 e. The van der Waals surface area contributed by atoms with Crippen molar-refractivity contribution in [1.29, 1.82) is 5.26 Å². The molecule has 0 spiro atoms. The van der Waals surface area contributed by atoms with Crippen molar-refractivity contribution < 1.29 is 12.8 Å². The zero-order valence-corrected chi connectivity index (χ0v) is 23.2. The lowest BCUT2D eigenvalue weighted by molar-refractivity contribution is 0.105. The number of fused-ring (bicyclic) bond motifs is 1. The van der Waals surface area contributed by atoms with Gasteiger partial charge in [-0.25, -0.2) is 17.5 Å². The van der Waals surface area contributed by atoms with Crippen molar-refractivity contribution in [1.82, 2.24) is 19.0 Å². The zero-order valence-electron chi connectivity index (χ0n) is 22.4. The standard InChI is InChI=1S/C30H32FN5O2S/c1-21(2)18-34-12-13-35(39(37,38)20-24-6-4-23(16-32)5-7-24)19-30(34)28-15-25-17-33-36(29(25)14-22(28)3)27-10-8-26(31)9-11-27/h4-11,14-15,17,21,30H,12-13,18-20H2,1-3H3/t30-/m0/s1. The molecule has 3 aromatic carbocycles. The van der Waals surface area contributed by atoms with Crippen LogP contribution in [0.1, 0.15) is 42.1 Å². The van der Waals surface area contributed by atoms with Gasteiger partial charge >= 0.3 is 0 Å². The fraction of sp³-hybridized carbons (Fsp3) is 0.333. The molecule has 4 aromatic rings. The van der Waals surface area contributed by atoms with Crippen LogP contribution in [0.3, 0.4) is 0 Å². The van der Waals surface area contributed by atoms with Crippen LogP contribution >= 0.6 is 0 Å². The van der Waals surface area contributed by atoms with Gasteiger partial charge in [-0.3, -0.25) is 4.90 Å². The van der Waals surface area contributed by atoms with Crippen molar-refractivity contribution in [2.24, 2.45) is 5.92 Å². The second kappa shape index (κ2) is 10.9. The second-order valence-electron chi connectivity index (χ2n) is 10.6. The first kappa shape index (κ1) is 27.0. The Morgan fingerprint density at radius 2 is 1.79 bits per heavy atom. The van der Waals surface area contributed by atoms with Crippen molar-refractivity contribution in [3.05, 3.63) is 94.9 Å². The van der Waals surface area contributed by atoms with E-state index in [-0.39, 0.29) is 17.6 Å². The Balaban J connectivity index is 1.46. The monoisotopic (exact) mass is 545 g/mol. The van der Waals surface area contributed by atoms with Gasteiger partial charge in [-0.1, -0.05) is 26.0 Å². The number of sulfonamides is 1. The molecule has 7 nitrogen and oxygen atoms in total. The Bertz CT molecular complexity index is 1620. The average molecular weight is 546 g/mol. The number of aryl methyl sites for hydroxylation is 1. The third kappa shape index (κ3) is 5.74. The van der Waals surface area contributed by atoms with Gasteiger partial charge in [0, 0.05) is 37.6 Å². The fourth-order valence-corrected chi connectivity index (χ4v) is 6.88. The Morgan fingerprint density at radius 3 is 2.46 bits per heavy atom. The largest absolute Gasteiger partial charge is 0.293 e. The van der Waals surface area contributed by atoms with E-state index in [0.29, 0.717) is 36.7 Å². The van der Waals surface area contributed by atoms with Crippen LogP contribution in [0.25, 0.3) is 16.6 Å². The number of benzene rings is 3. The Hall–Kier alpha value is -3.58. The summed E-state index contributed by atoms with van der Waals surface area (Å²) in [7, 11) is -3.56. The van der Waals surface area contributed by atoms with Gasteiger partial charge in [0.15, 0.2) is 0 Å². The third-order valence-corrected chi connectivity index (χ3v) is 9.08. The maximum absolute atomic E-state index is 13.5. The maximum Gasteiger partial charge on any atom is 0.218 e. The number of halogens is 1. The molecule has 0 unspecified atom stereocenters. The summed E-state index contributed by atoms with van der Waals surface area (Å²) in [5, 5.41) is 14.6. The second-order valence-corrected chi connectivity index (χ2v) is 12.6. The highest BCUT2D eigenvalue weighted by Crippen LogP contribution is 2.33. The number of piperazine rings is 1. The van der Waals surface area contributed by atoms with Crippen LogP contribution in [-0.2, 0) is 15.8 Å². The molecule has 5 rings (SSSR count). The first-order valence-corrected chi connectivity index (χ1v) is 14.7. The number of hydrogen-bond acceptors (Lipinski definition) is 5. The van der Waals surface area contributed by atoms with Gasteiger partial charge in [-0.2, -0.15) is 14.7 Å². The molecule has 0 amide bonds. The molecule has 9 heteroatoms. The first-order valence-electron chi connectivity index (χ1n) is 13.1. The van der Waals surface area contributed by atoms with Crippen LogP contribution in [0.5, 0.6) is 0 Å². The predicted molar refractivity (Wildman–Crippen MR) is 150 cm³/mol. The number of nitrogens with zero attached hydrogens (tertiary/aromatic N) is 5. The fourth-order valence-electron chi connectivity index (χ4n) is 5.35. The minimum absolute atomic E-state index is 0.0991. The van der Waals surface area contributed by atoms with E-state index in [0.717, 1.165) is 34.3 Å². The molecule has 0 aliphatic carbocycles. The molecule has 0 saturated carbocycles. The number of aromatic nitrogens is 2. The lowest BCUT2D eigenvalue weighted by Crippen LogP contribution is -2.51. The molecule has 1 atom stereocenters. The van der Waals surface area contributed by atoms with Crippen molar-refractivity contribution >= 4 is 20.9 Å². The van der Waals surface area contributed by atoms with Crippen LogP contribution in [0, 0.1) is 30.0 Å². The number of hydrogen-bond donors (Lipinski definition) is 0. The number of rotatable bonds is 7. The highest BCUT2D eigenvalue weighted by Gasteiger charge is 2.35. The highest BCUT2D eigenvalue weighted by atomic mass is 32.2. The first-order chi connectivity index (χ1) is 18.6. The van der Waals surface area contributed by atoms with Crippen LogP contribution in [0.15, 0.2) is 66.9 Å². The summed E-state index contributed by atoms with van der Waals surface area (Å²) in [6.45, 7) is 8.70. The van der Waals surface area contributed by atoms with Gasteiger partial charge in [-0.05, 0) is 78.1 Å². The van der Waals surface area contributed by atoms with E-state index in [4.69, 9.17) is 5.26 Å². The summed E-state index contributed by atoms with van der Waals surface area (Å²) in [5.74, 6) is 0.0346. The van der Waals surface area contributed by atoms with Crippen molar-refractivity contribution in [2.75, 3.05) is 26.2 Å². The average Bonchev–Trinajstić information content (AvgIpc) is 3.31. The van der Waals surface area contributed by atoms with E-state index in [1.165, 1.54) is 12.1 Å². The molecule has 1 saturated heterocycles. The van der Waals surface area contributed by atoms with Gasteiger partial charge < -0.3 is 0 Å². The Kier molecular flexibility index (Phi) is 7.54. The van der Waals surface area contributed by atoms with Crippen molar-refractivity contribution in [3.8, 4) is 11.8 Å². The van der Waals surface area contributed by atoms with Crippen molar-refractivity contribution in [3.63, 3.8) is 0 Å². The molecule has 0 bridgehead atoms. The quantitative estimate of drug-likeness (QED) is 0.319. The summed E-state index contributed by atoms with van der Waals surface area (Å²) >= 11 is 0. The summed E-state index contributed by atoms with van der Waals surface area (Å²) < 4.78 is 43.9. The molecular weight excluding hydrogens is 513 g/mol. The van der Waals surface area contributed by atoms with Crippen LogP contribution in [0.2, 0.25) is 0 Å². The lowest BCUT2D eigenvalue weighted by Gasteiger charge is -2.42. The molecule has 2 heterocycles. The van der Waals surface area contributed by atoms with Crippen LogP contribution in [-0.4, -0.2) is 53.6 Å². The summed E-state index contributed by atoms with van der Waals surface area (Å²) in [4.78, 5) is 2.39. The van der Waals surface area contributed by atoms with Crippen LogP contribution in [0.4, 0.5) is 4.39 Å².